The van der Waals surface area contributed by atoms with Gasteiger partial charge < -0.3 is 20.4 Å². The van der Waals surface area contributed by atoms with Crippen molar-refractivity contribution in [2.45, 2.75) is 19.3 Å². The number of ether oxygens (including phenoxy) is 1. The standard InChI is InChI=1S/C19H20F3N5O/c1-23-18(24-11-10-17-26-14-7-3-4-8-15(14)27-17)25-12-13-6-2-5-9-16(13)28-19(20,21)22/h2-9H,10-12H2,1H3,(H,26,27)(H2,23,24,25). The maximum Gasteiger partial charge on any atom is 0.573 e. The maximum atomic E-state index is 12.5. The summed E-state index contributed by atoms with van der Waals surface area (Å²) >= 11 is 0. The predicted octanol–water partition coefficient (Wildman–Crippen LogP) is 3.37. The third-order valence-corrected chi connectivity index (χ3v) is 3.96. The van der Waals surface area contributed by atoms with Crippen molar-refractivity contribution in [2.24, 2.45) is 4.99 Å². The van der Waals surface area contributed by atoms with Crippen LogP contribution in [0.15, 0.2) is 53.5 Å². The van der Waals surface area contributed by atoms with Crippen LogP contribution in [0.3, 0.4) is 0 Å². The van der Waals surface area contributed by atoms with Gasteiger partial charge in [0.2, 0.25) is 0 Å². The number of aromatic amines is 1. The van der Waals surface area contributed by atoms with Crippen molar-refractivity contribution in [2.75, 3.05) is 13.6 Å². The minimum atomic E-state index is -4.73. The monoisotopic (exact) mass is 391 g/mol. The number of rotatable bonds is 6. The number of H-pyrrole nitrogens is 1. The topological polar surface area (TPSA) is 74.3 Å². The molecule has 148 valence electrons. The van der Waals surface area contributed by atoms with Gasteiger partial charge in [-0.15, -0.1) is 13.2 Å². The Balaban J connectivity index is 1.52. The van der Waals surface area contributed by atoms with E-state index in [1.807, 2.05) is 24.3 Å². The van der Waals surface area contributed by atoms with Crippen LogP contribution < -0.4 is 15.4 Å². The first-order chi connectivity index (χ1) is 13.4. The van der Waals surface area contributed by atoms with Gasteiger partial charge in [-0.05, 0) is 18.2 Å². The number of benzene rings is 2. The van der Waals surface area contributed by atoms with Crippen LogP contribution >= 0.6 is 0 Å². The molecule has 0 aliphatic rings. The van der Waals surface area contributed by atoms with Crippen LogP contribution in [0.25, 0.3) is 11.0 Å². The quantitative estimate of drug-likeness (QED) is 0.445. The van der Waals surface area contributed by atoms with E-state index in [-0.39, 0.29) is 12.3 Å². The summed E-state index contributed by atoms with van der Waals surface area (Å²) in [5.74, 6) is 1.08. The van der Waals surface area contributed by atoms with Crippen molar-refractivity contribution >= 4 is 17.0 Å². The molecule has 0 aliphatic carbocycles. The highest BCUT2D eigenvalue weighted by Crippen LogP contribution is 2.26. The van der Waals surface area contributed by atoms with Gasteiger partial charge in [0.1, 0.15) is 11.6 Å². The van der Waals surface area contributed by atoms with Gasteiger partial charge in [-0.1, -0.05) is 30.3 Å². The van der Waals surface area contributed by atoms with Crippen LogP contribution in [-0.4, -0.2) is 35.9 Å². The predicted molar refractivity (Wildman–Crippen MR) is 101 cm³/mol. The summed E-state index contributed by atoms with van der Waals surface area (Å²) in [7, 11) is 1.59. The minimum absolute atomic E-state index is 0.135. The Kier molecular flexibility index (Phi) is 6.03. The number of imidazole rings is 1. The highest BCUT2D eigenvalue weighted by Gasteiger charge is 2.31. The van der Waals surface area contributed by atoms with Gasteiger partial charge in [-0.25, -0.2) is 4.98 Å². The van der Waals surface area contributed by atoms with Gasteiger partial charge in [0.15, 0.2) is 5.96 Å². The van der Waals surface area contributed by atoms with Crippen molar-refractivity contribution in [3.63, 3.8) is 0 Å². The Morgan fingerprint density at radius 3 is 2.61 bits per heavy atom. The van der Waals surface area contributed by atoms with Crippen LogP contribution in [-0.2, 0) is 13.0 Å². The molecule has 6 nitrogen and oxygen atoms in total. The number of fused-ring (bicyclic) bond motifs is 1. The lowest BCUT2D eigenvalue weighted by Gasteiger charge is -2.15. The van der Waals surface area contributed by atoms with Crippen molar-refractivity contribution in [3.8, 4) is 5.75 Å². The molecule has 0 spiro atoms. The molecule has 0 saturated carbocycles. The van der Waals surface area contributed by atoms with E-state index in [1.165, 1.54) is 12.1 Å². The molecule has 9 heteroatoms. The van der Waals surface area contributed by atoms with Crippen LogP contribution in [0.4, 0.5) is 13.2 Å². The lowest BCUT2D eigenvalue weighted by molar-refractivity contribution is -0.274. The fraction of sp³-hybridized carbons (Fsp3) is 0.263. The van der Waals surface area contributed by atoms with E-state index >= 15 is 0 Å². The summed E-state index contributed by atoms with van der Waals surface area (Å²) in [5, 5.41) is 6.10. The first-order valence-corrected chi connectivity index (χ1v) is 8.66. The van der Waals surface area contributed by atoms with Crippen LogP contribution in [0.2, 0.25) is 0 Å². The van der Waals surface area contributed by atoms with E-state index in [0.717, 1.165) is 16.9 Å². The fourth-order valence-corrected chi connectivity index (χ4v) is 2.70. The summed E-state index contributed by atoms with van der Waals surface area (Å²) in [4.78, 5) is 11.8. The van der Waals surface area contributed by atoms with E-state index in [0.29, 0.717) is 24.5 Å². The summed E-state index contributed by atoms with van der Waals surface area (Å²) in [6, 6.07) is 13.7. The average molecular weight is 391 g/mol. The molecule has 1 heterocycles. The number of aliphatic imine (C=N–C) groups is 1. The zero-order valence-corrected chi connectivity index (χ0v) is 15.2. The first kappa shape index (κ1) is 19.5. The summed E-state index contributed by atoms with van der Waals surface area (Å²) in [5.41, 5.74) is 2.25. The SMILES string of the molecule is CN=C(NCCc1nc2ccccc2[nH]1)NCc1ccccc1OC(F)(F)F. The van der Waals surface area contributed by atoms with E-state index in [2.05, 4.69) is 30.3 Å². The Labute approximate surface area is 159 Å². The smallest absolute Gasteiger partial charge is 0.405 e. The molecule has 3 rings (SSSR count). The summed E-state index contributed by atoms with van der Waals surface area (Å²) in [6.45, 7) is 0.691. The van der Waals surface area contributed by atoms with Gasteiger partial charge >= 0.3 is 6.36 Å². The van der Waals surface area contributed by atoms with Gasteiger partial charge in [-0.3, -0.25) is 4.99 Å². The molecule has 2 aromatic carbocycles. The van der Waals surface area contributed by atoms with Crippen LogP contribution in [0.1, 0.15) is 11.4 Å². The molecule has 0 atom stereocenters. The molecule has 0 aliphatic heterocycles. The number of hydrogen-bond donors (Lipinski definition) is 3. The van der Waals surface area contributed by atoms with Gasteiger partial charge in [0.25, 0.3) is 0 Å². The highest BCUT2D eigenvalue weighted by atomic mass is 19.4. The number of hydrogen-bond acceptors (Lipinski definition) is 3. The molecule has 0 amide bonds. The third-order valence-electron chi connectivity index (χ3n) is 3.96. The number of alkyl halides is 3. The van der Waals surface area contributed by atoms with E-state index in [1.54, 1.807) is 19.2 Å². The molecule has 1 aromatic heterocycles. The van der Waals surface area contributed by atoms with Gasteiger partial charge in [0.05, 0.1) is 11.0 Å². The molecule has 3 aromatic rings. The lowest BCUT2D eigenvalue weighted by Crippen LogP contribution is -2.38. The Morgan fingerprint density at radius 2 is 1.86 bits per heavy atom. The molecule has 0 bridgehead atoms. The van der Waals surface area contributed by atoms with E-state index in [9.17, 15) is 13.2 Å². The minimum Gasteiger partial charge on any atom is -0.405 e. The second-order valence-electron chi connectivity index (χ2n) is 5.96. The molecule has 0 saturated heterocycles. The third kappa shape index (κ3) is 5.38. The zero-order valence-electron chi connectivity index (χ0n) is 15.2. The van der Waals surface area contributed by atoms with Crippen molar-refractivity contribution in [1.29, 1.82) is 0 Å². The normalized spacial score (nSPS) is 12.2. The second-order valence-corrected chi connectivity index (χ2v) is 5.96. The Morgan fingerprint density at radius 1 is 1.11 bits per heavy atom. The number of nitrogens with one attached hydrogen (secondary N) is 3. The van der Waals surface area contributed by atoms with Gasteiger partial charge in [-0.2, -0.15) is 0 Å². The molecular formula is C19H20F3N5O. The largest absolute Gasteiger partial charge is 0.573 e. The van der Waals surface area contributed by atoms with Crippen LogP contribution in [0.5, 0.6) is 5.75 Å². The summed E-state index contributed by atoms with van der Waals surface area (Å²) in [6.07, 6.45) is -4.09. The first-order valence-electron chi connectivity index (χ1n) is 8.66. The second kappa shape index (κ2) is 8.64. The van der Waals surface area contributed by atoms with Crippen LogP contribution in [0, 0.1) is 0 Å². The number of halogens is 3. The molecule has 0 unspecified atom stereocenters. The lowest BCUT2D eigenvalue weighted by atomic mass is 10.2. The van der Waals surface area contributed by atoms with E-state index in [4.69, 9.17) is 0 Å². The molecule has 28 heavy (non-hydrogen) atoms. The molecule has 0 fully saturated rings. The van der Waals surface area contributed by atoms with Crippen molar-refractivity contribution in [1.82, 2.24) is 20.6 Å². The van der Waals surface area contributed by atoms with Gasteiger partial charge in [0, 0.05) is 32.1 Å². The molecule has 0 radical (unpaired) electrons. The highest BCUT2D eigenvalue weighted by molar-refractivity contribution is 5.79. The molecular weight excluding hydrogens is 371 g/mol. The average Bonchev–Trinajstić information content (AvgIpc) is 3.07. The number of nitrogens with zero attached hydrogens (tertiary/aromatic N) is 2. The number of aromatic nitrogens is 2. The Bertz CT molecular complexity index is 919. The van der Waals surface area contributed by atoms with E-state index < -0.39 is 6.36 Å². The summed E-state index contributed by atoms with van der Waals surface area (Å²) < 4.78 is 41.6. The van der Waals surface area contributed by atoms with Crippen molar-refractivity contribution in [3.05, 3.63) is 59.9 Å². The maximum absolute atomic E-state index is 12.5. The molecule has 3 N–H and O–H groups in total. The number of guanidine groups is 1. The fourth-order valence-electron chi connectivity index (χ4n) is 2.70. The Hall–Kier alpha value is -3.23. The number of para-hydroxylation sites is 3. The zero-order chi connectivity index (χ0) is 20.0. The van der Waals surface area contributed by atoms with Crippen molar-refractivity contribution < 1.29 is 17.9 Å².